The van der Waals surface area contributed by atoms with Gasteiger partial charge in [0.15, 0.2) is 0 Å². The summed E-state index contributed by atoms with van der Waals surface area (Å²) in [7, 11) is 0. The Morgan fingerprint density at radius 2 is 1.58 bits per heavy atom. The van der Waals surface area contributed by atoms with Crippen LogP contribution < -0.4 is 0 Å². The lowest BCUT2D eigenvalue weighted by molar-refractivity contribution is 0.496. The van der Waals surface area contributed by atoms with E-state index in [9.17, 15) is 0 Å². The van der Waals surface area contributed by atoms with E-state index in [1.165, 1.54) is 22.3 Å². The van der Waals surface area contributed by atoms with Gasteiger partial charge in [0, 0.05) is 6.08 Å². The SMILES string of the molecule is CC(C)c1ccc(Cc2nnc(C=Cc3ccccc3C(C)C)o2)cc1. The molecule has 1 aromatic heterocycles. The van der Waals surface area contributed by atoms with Crippen LogP contribution in [-0.2, 0) is 6.42 Å². The molecular formula is C23H26N2O. The van der Waals surface area contributed by atoms with E-state index in [1.54, 1.807) is 0 Å². The second-order valence-electron chi connectivity index (χ2n) is 7.22. The molecule has 3 aromatic rings. The van der Waals surface area contributed by atoms with Crippen LogP contribution in [0.1, 0.15) is 73.6 Å². The van der Waals surface area contributed by atoms with Gasteiger partial charge in [0.05, 0.1) is 6.42 Å². The number of benzene rings is 2. The Balaban J connectivity index is 1.70. The largest absolute Gasteiger partial charge is 0.421 e. The molecule has 0 unspecified atom stereocenters. The molecule has 1 heterocycles. The Morgan fingerprint density at radius 1 is 0.846 bits per heavy atom. The Kier molecular flexibility index (Phi) is 5.67. The molecule has 0 spiro atoms. The van der Waals surface area contributed by atoms with Crippen molar-refractivity contribution in [3.05, 3.63) is 82.6 Å². The van der Waals surface area contributed by atoms with E-state index in [0.29, 0.717) is 30.0 Å². The summed E-state index contributed by atoms with van der Waals surface area (Å²) in [6.45, 7) is 8.79. The van der Waals surface area contributed by atoms with Gasteiger partial charge in [-0.15, -0.1) is 10.2 Å². The third-order valence-corrected chi connectivity index (χ3v) is 4.51. The van der Waals surface area contributed by atoms with Crippen molar-refractivity contribution in [3.8, 4) is 0 Å². The number of hydrogen-bond donors (Lipinski definition) is 0. The highest BCUT2D eigenvalue weighted by Gasteiger charge is 2.07. The van der Waals surface area contributed by atoms with Gasteiger partial charge in [-0.05, 0) is 40.2 Å². The van der Waals surface area contributed by atoms with Gasteiger partial charge < -0.3 is 4.42 Å². The minimum atomic E-state index is 0.475. The van der Waals surface area contributed by atoms with Crippen LogP contribution in [0.3, 0.4) is 0 Å². The molecule has 0 fully saturated rings. The third-order valence-electron chi connectivity index (χ3n) is 4.51. The van der Waals surface area contributed by atoms with Gasteiger partial charge in [-0.2, -0.15) is 0 Å². The molecule has 0 aliphatic rings. The zero-order valence-corrected chi connectivity index (χ0v) is 15.9. The molecule has 0 N–H and O–H groups in total. The zero-order chi connectivity index (χ0) is 18.5. The molecule has 0 amide bonds. The summed E-state index contributed by atoms with van der Waals surface area (Å²) in [5.74, 6) is 2.19. The molecular weight excluding hydrogens is 320 g/mol. The minimum Gasteiger partial charge on any atom is -0.421 e. The van der Waals surface area contributed by atoms with Crippen molar-refractivity contribution in [1.82, 2.24) is 10.2 Å². The van der Waals surface area contributed by atoms with Crippen molar-refractivity contribution in [2.24, 2.45) is 0 Å². The summed E-state index contributed by atoms with van der Waals surface area (Å²) in [5.41, 5.74) is 5.02. The fraction of sp³-hybridized carbons (Fsp3) is 0.304. The normalized spacial score (nSPS) is 11.8. The van der Waals surface area contributed by atoms with Crippen molar-refractivity contribution in [1.29, 1.82) is 0 Å². The highest BCUT2D eigenvalue weighted by atomic mass is 16.4. The maximum Gasteiger partial charge on any atom is 0.240 e. The molecule has 0 aliphatic heterocycles. The first-order valence-corrected chi connectivity index (χ1v) is 9.21. The van der Waals surface area contributed by atoms with E-state index >= 15 is 0 Å². The molecule has 0 saturated carbocycles. The summed E-state index contributed by atoms with van der Waals surface area (Å²) >= 11 is 0. The summed E-state index contributed by atoms with van der Waals surface area (Å²) in [5, 5.41) is 8.32. The first-order valence-electron chi connectivity index (χ1n) is 9.21. The van der Waals surface area contributed by atoms with Crippen LogP contribution in [0.4, 0.5) is 0 Å². The van der Waals surface area contributed by atoms with Gasteiger partial charge in [0.1, 0.15) is 0 Å². The maximum absolute atomic E-state index is 5.78. The topological polar surface area (TPSA) is 38.9 Å². The molecule has 2 aromatic carbocycles. The molecule has 0 aliphatic carbocycles. The van der Waals surface area contributed by atoms with Crippen LogP contribution in [0.5, 0.6) is 0 Å². The summed E-state index contributed by atoms with van der Waals surface area (Å²) in [6, 6.07) is 17.0. The van der Waals surface area contributed by atoms with Crippen LogP contribution in [0.2, 0.25) is 0 Å². The van der Waals surface area contributed by atoms with Crippen molar-refractivity contribution in [3.63, 3.8) is 0 Å². The van der Waals surface area contributed by atoms with Crippen molar-refractivity contribution >= 4 is 12.2 Å². The van der Waals surface area contributed by atoms with Gasteiger partial charge in [-0.1, -0.05) is 76.2 Å². The maximum atomic E-state index is 5.78. The molecule has 0 bridgehead atoms. The lowest BCUT2D eigenvalue weighted by Crippen LogP contribution is -1.91. The number of rotatable bonds is 6. The summed E-state index contributed by atoms with van der Waals surface area (Å²) in [4.78, 5) is 0. The molecule has 0 radical (unpaired) electrons. The van der Waals surface area contributed by atoms with Crippen LogP contribution >= 0.6 is 0 Å². The van der Waals surface area contributed by atoms with E-state index in [1.807, 2.05) is 18.2 Å². The second-order valence-corrected chi connectivity index (χ2v) is 7.22. The standard InChI is InChI=1S/C23H26N2O/c1-16(2)19-11-9-18(10-12-19)15-23-25-24-22(26-23)14-13-20-7-5-6-8-21(20)17(3)4/h5-14,16-17H,15H2,1-4H3. The van der Waals surface area contributed by atoms with Crippen LogP contribution in [0, 0.1) is 0 Å². The predicted octanol–water partition coefficient (Wildman–Crippen LogP) is 6.08. The van der Waals surface area contributed by atoms with Crippen molar-refractivity contribution in [2.75, 3.05) is 0 Å². The molecule has 3 rings (SSSR count). The first kappa shape index (κ1) is 18.1. The molecule has 0 atom stereocenters. The first-order chi connectivity index (χ1) is 12.5. The van der Waals surface area contributed by atoms with Gasteiger partial charge in [-0.25, -0.2) is 0 Å². The molecule has 134 valence electrons. The number of aromatic nitrogens is 2. The average Bonchev–Trinajstić information content (AvgIpc) is 3.08. The highest BCUT2D eigenvalue weighted by Crippen LogP contribution is 2.21. The van der Waals surface area contributed by atoms with Gasteiger partial charge in [0.25, 0.3) is 0 Å². The number of hydrogen-bond acceptors (Lipinski definition) is 3. The van der Waals surface area contributed by atoms with Gasteiger partial charge >= 0.3 is 0 Å². The van der Waals surface area contributed by atoms with E-state index in [2.05, 4.69) is 80.4 Å². The Morgan fingerprint density at radius 3 is 2.27 bits per heavy atom. The summed E-state index contributed by atoms with van der Waals surface area (Å²) in [6.07, 6.45) is 4.59. The molecule has 0 saturated heterocycles. The van der Waals surface area contributed by atoms with Gasteiger partial charge in [0.2, 0.25) is 11.8 Å². The van der Waals surface area contributed by atoms with Gasteiger partial charge in [-0.3, -0.25) is 0 Å². The molecule has 26 heavy (non-hydrogen) atoms. The average molecular weight is 346 g/mol. The van der Waals surface area contributed by atoms with E-state index in [0.717, 1.165) is 0 Å². The lowest BCUT2D eigenvalue weighted by atomic mass is 9.97. The third kappa shape index (κ3) is 4.48. The lowest BCUT2D eigenvalue weighted by Gasteiger charge is -2.08. The number of nitrogens with zero attached hydrogens (tertiary/aromatic N) is 2. The Labute approximate surface area is 155 Å². The molecule has 3 heteroatoms. The monoisotopic (exact) mass is 346 g/mol. The quantitative estimate of drug-likeness (QED) is 0.543. The zero-order valence-electron chi connectivity index (χ0n) is 15.9. The Bertz CT molecular complexity index is 873. The Hall–Kier alpha value is -2.68. The smallest absolute Gasteiger partial charge is 0.240 e. The van der Waals surface area contributed by atoms with Crippen LogP contribution in [0.25, 0.3) is 12.2 Å². The fourth-order valence-corrected chi connectivity index (χ4v) is 2.95. The van der Waals surface area contributed by atoms with E-state index in [-0.39, 0.29) is 0 Å². The minimum absolute atomic E-state index is 0.475. The van der Waals surface area contributed by atoms with E-state index in [4.69, 9.17) is 4.42 Å². The summed E-state index contributed by atoms with van der Waals surface area (Å²) < 4.78 is 5.78. The molecule has 3 nitrogen and oxygen atoms in total. The predicted molar refractivity (Wildman–Crippen MR) is 107 cm³/mol. The van der Waals surface area contributed by atoms with Crippen LogP contribution in [0.15, 0.2) is 52.9 Å². The second kappa shape index (κ2) is 8.13. The fourth-order valence-electron chi connectivity index (χ4n) is 2.95. The van der Waals surface area contributed by atoms with Crippen molar-refractivity contribution in [2.45, 2.75) is 46.0 Å². The van der Waals surface area contributed by atoms with Crippen molar-refractivity contribution < 1.29 is 4.42 Å². The highest BCUT2D eigenvalue weighted by molar-refractivity contribution is 5.68. The van der Waals surface area contributed by atoms with E-state index < -0.39 is 0 Å². The van der Waals surface area contributed by atoms with Crippen LogP contribution in [-0.4, -0.2) is 10.2 Å².